The number of benzene rings is 2. The van der Waals surface area contributed by atoms with Crippen LogP contribution in [0.5, 0.6) is 5.75 Å². The molecule has 136 valence electrons. The number of ether oxygens (including phenoxy) is 1. The van der Waals surface area contributed by atoms with Crippen molar-refractivity contribution in [3.63, 3.8) is 0 Å². The van der Waals surface area contributed by atoms with Crippen LogP contribution in [0.1, 0.15) is 22.6 Å². The second kappa shape index (κ2) is 6.25. The summed E-state index contributed by atoms with van der Waals surface area (Å²) >= 11 is 0. The maximum Gasteiger partial charge on any atom is 0.139 e. The lowest BCUT2D eigenvalue weighted by molar-refractivity contribution is 0.315. The molecule has 0 amide bonds. The zero-order chi connectivity index (χ0) is 19.1. The quantitative estimate of drug-likeness (QED) is 0.568. The predicted molar refractivity (Wildman–Crippen MR) is 101 cm³/mol. The van der Waals surface area contributed by atoms with Gasteiger partial charge in [-0.2, -0.15) is 10.4 Å². The molecule has 1 aliphatic rings. The molecule has 1 aliphatic heterocycles. The van der Waals surface area contributed by atoms with Crippen LogP contribution in [0.15, 0.2) is 58.9 Å². The van der Waals surface area contributed by atoms with Gasteiger partial charge in [0, 0.05) is 11.1 Å². The van der Waals surface area contributed by atoms with Crippen molar-refractivity contribution in [3.05, 3.63) is 70.9 Å². The Morgan fingerprint density at radius 2 is 2.04 bits per heavy atom. The number of nitrogens with one attached hydrogen (secondary N) is 2. The molecule has 3 heterocycles. The molecule has 0 bridgehead atoms. The van der Waals surface area contributed by atoms with Gasteiger partial charge in [-0.15, -0.1) is 0 Å². The number of fused-ring (bicyclic) bond motifs is 2. The first-order chi connectivity index (χ1) is 13.8. The molecule has 28 heavy (non-hydrogen) atoms. The van der Waals surface area contributed by atoms with Crippen LogP contribution in [-0.2, 0) is 0 Å². The van der Waals surface area contributed by atoms with E-state index in [2.05, 4.69) is 31.9 Å². The second-order valence-electron chi connectivity index (χ2n) is 6.37. The van der Waals surface area contributed by atoms with Crippen LogP contribution < -0.4 is 10.1 Å². The van der Waals surface area contributed by atoms with Crippen LogP contribution in [-0.4, -0.2) is 27.6 Å². The molecule has 0 saturated carbocycles. The molecule has 8 heteroatoms. The SMILES string of the molecule is COc1cccc(C2=C(C#N)C(c3cccc4nonc34)c3cn[nH]c3N2)c1. The van der Waals surface area contributed by atoms with Gasteiger partial charge < -0.3 is 10.1 Å². The monoisotopic (exact) mass is 370 g/mol. The van der Waals surface area contributed by atoms with Gasteiger partial charge in [0.2, 0.25) is 0 Å². The molecule has 8 nitrogen and oxygen atoms in total. The first-order valence-electron chi connectivity index (χ1n) is 8.60. The van der Waals surface area contributed by atoms with Crippen LogP contribution in [0.2, 0.25) is 0 Å². The maximum atomic E-state index is 10.1. The van der Waals surface area contributed by atoms with Crippen molar-refractivity contribution >= 4 is 22.5 Å². The summed E-state index contributed by atoms with van der Waals surface area (Å²) in [4.78, 5) is 0. The van der Waals surface area contributed by atoms with Crippen molar-refractivity contribution in [1.29, 1.82) is 5.26 Å². The highest BCUT2D eigenvalue weighted by molar-refractivity contribution is 5.89. The third kappa shape index (κ3) is 2.34. The predicted octanol–water partition coefficient (Wildman–Crippen LogP) is 3.45. The summed E-state index contributed by atoms with van der Waals surface area (Å²) in [6.45, 7) is 0. The van der Waals surface area contributed by atoms with Gasteiger partial charge in [-0.25, -0.2) is 4.63 Å². The first-order valence-corrected chi connectivity index (χ1v) is 8.60. The molecular weight excluding hydrogens is 356 g/mol. The van der Waals surface area contributed by atoms with E-state index in [1.165, 1.54) is 0 Å². The third-order valence-corrected chi connectivity index (χ3v) is 4.89. The highest BCUT2D eigenvalue weighted by atomic mass is 16.6. The summed E-state index contributed by atoms with van der Waals surface area (Å²) in [5.74, 6) is 1.07. The zero-order valence-corrected chi connectivity index (χ0v) is 14.8. The Balaban J connectivity index is 1.78. The fourth-order valence-corrected chi connectivity index (χ4v) is 3.62. The van der Waals surface area contributed by atoms with Crippen molar-refractivity contribution in [1.82, 2.24) is 20.5 Å². The average Bonchev–Trinajstić information content (AvgIpc) is 3.41. The lowest BCUT2D eigenvalue weighted by atomic mass is 9.81. The van der Waals surface area contributed by atoms with Crippen molar-refractivity contribution in [2.45, 2.75) is 5.92 Å². The van der Waals surface area contributed by atoms with Crippen LogP contribution in [0.3, 0.4) is 0 Å². The Labute approximate surface area is 159 Å². The molecule has 1 atom stereocenters. The van der Waals surface area contributed by atoms with Crippen molar-refractivity contribution in [2.75, 3.05) is 12.4 Å². The van der Waals surface area contributed by atoms with Crippen molar-refractivity contribution < 1.29 is 9.37 Å². The van der Waals surface area contributed by atoms with E-state index in [1.807, 2.05) is 42.5 Å². The lowest BCUT2D eigenvalue weighted by Gasteiger charge is -2.26. The van der Waals surface area contributed by atoms with Gasteiger partial charge >= 0.3 is 0 Å². The van der Waals surface area contributed by atoms with Gasteiger partial charge in [0.1, 0.15) is 22.6 Å². The highest BCUT2D eigenvalue weighted by Crippen LogP contribution is 2.44. The van der Waals surface area contributed by atoms with Gasteiger partial charge in [0.15, 0.2) is 0 Å². The van der Waals surface area contributed by atoms with Gasteiger partial charge in [-0.3, -0.25) is 5.10 Å². The Morgan fingerprint density at radius 3 is 2.89 bits per heavy atom. The maximum absolute atomic E-state index is 10.1. The van der Waals surface area contributed by atoms with Gasteiger partial charge in [-0.05, 0) is 34.1 Å². The van der Waals surface area contributed by atoms with Crippen LogP contribution in [0, 0.1) is 11.3 Å². The number of hydrogen-bond donors (Lipinski definition) is 2. The van der Waals surface area contributed by atoms with E-state index < -0.39 is 0 Å². The molecule has 0 radical (unpaired) electrons. The minimum absolute atomic E-state index is 0.364. The molecule has 0 spiro atoms. The minimum atomic E-state index is -0.364. The largest absolute Gasteiger partial charge is 0.497 e. The van der Waals surface area contributed by atoms with Crippen molar-refractivity contribution in [2.24, 2.45) is 0 Å². The fraction of sp³-hybridized carbons (Fsp3) is 0.100. The van der Waals surface area contributed by atoms with E-state index in [1.54, 1.807) is 13.3 Å². The molecule has 1 unspecified atom stereocenters. The Bertz CT molecular complexity index is 1260. The number of allylic oxidation sites excluding steroid dienone is 1. The van der Waals surface area contributed by atoms with E-state index in [0.29, 0.717) is 28.1 Å². The summed E-state index contributed by atoms with van der Waals surface area (Å²) < 4.78 is 10.3. The average molecular weight is 370 g/mol. The summed E-state index contributed by atoms with van der Waals surface area (Å²) in [7, 11) is 1.61. The summed E-state index contributed by atoms with van der Waals surface area (Å²) in [6.07, 6.45) is 1.72. The van der Waals surface area contributed by atoms with Crippen LogP contribution >= 0.6 is 0 Å². The minimum Gasteiger partial charge on any atom is -0.497 e. The number of nitrogens with zero attached hydrogens (tertiary/aromatic N) is 4. The smallest absolute Gasteiger partial charge is 0.139 e. The highest BCUT2D eigenvalue weighted by Gasteiger charge is 2.33. The van der Waals surface area contributed by atoms with Gasteiger partial charge in [0.05, 0.1) is 36.6 Å². The molecule has 0 fully saturated rings. The number of nitriles is 1. The first kappa shape index (κ1) is 16.1. The van der Waals surface area contributed by atoms with E-state index >= 15 is 0 Å². The van der Waals surface area contributed by atoms with E-state index in [4.69, 9.17) is 9.37 Å². The standard InChI is InChI=1S/C20H14N6O2/c1-27-12-5-2-4-11(8-12)18-14(9-21)17(15-10-22-24-20(15)23-18)13-6-3-7-16-19(13)26-28-25-16/h2-8,10,17H,1H3,(H2,22,23,24). The third-order valence-electron chi connectivity index (χ3n) is 4.89. The van der Waals surface area contributed by atoms with Crippen molar-refractivity contribution in [3.8, 4) is 11.8 Å². The number of aromatic amines is 1. The molecule has 2 aromatic heterocycles. The van der Waals surface area contributed by atoms with Gasteiger partial charge in [0.25, 0.3) is 0 Å². The van der Waals surface area contributed by atoms with Gasteiger partial charge in [-0.1, -0.05) is 24.3 Å². The number of rotatable bonds is 3. The molecule has 0 aliphatic carbocycles. The molecule has 5 rings (SSSR count). The number of hydrogen-bond acceptors (Lipinski definition) is 7. The lowest BCUT2D eigenvalue weighted by Crippen LogP contribution is -2.17. The summed E-state index contributed by atoms with van der Waals surface area (Å²) in [5, 5.41) is 28.5. The zero-order valence-electron chi connectivity index (χ0n) is 14.8. The number of methoxy groups -OCH3 is 1. The topological polar surface area (TPSA) is 113 Å². The number of aromatic nitrogens is 4. The second-order valence-corrected chi connectivity index (χ2v) is 6.37. The molecule has 4 aromatic rings. The van der Waals surface area contributed by atoms with Crippen LogP contribution in [0.25, 0.3) is 16.7 Å². The molecule has 0 saturated heterocycles. The number of anilines is 1. The summed E-state index contributed by atoms with van der Waals surface area (Å²) in [5.41, 5.74) is 5.04. The number of H-pyrrole nitrogens is 1. The Morgan fingerprint density at radius 1 is 1.14 bits per heavy atom. The van der Waals surface area contributed by atoms with E-state index in [-0.39, 0.29) is 5.92 Å². The molecule has 2 N–H and O–H groups in total. The normalized spacial score (nSPS) is 15.8. The Hall–Kier alpha value is -4.12. The Kier molecular flexibility index (Phi) is 3.59. The molecule has 2 aromatic carbocycles. The molecular formula is C20H14N6O2. The fourth-order valence-electron chi connectivity index (χ4n) is 3.62. The van der Waals surface area contributed by atoms with E-state index in [0.717, 1.165) is 22.5 Å². The summed E-state index contributed by atoms with van der Waals surface area (Å²) in [6, 6.07) is 15.6. The van der Waals surface area contributed by atoms with Crippen LogP contribution in [0.4, 0.5) is 5.82 Å². The van der Waals surface area contributed by atoms with E-state index in [9.17, 15) is 5.26 Å².